The summed E-state index contributed by atoms with van der Waals surface area (Å²) in [6.45, 7) is 1.67. The predicted molar refractivity (Wildman–Crippen MR) is 93.1 cm³/mol. The van der Waals surface area contributed by atoms with Crippen molar-refractivity contribution < 1.29 is 24.2 Å². The summed E-state index contributed by atoms with van der Waals surface area (Å²) in [6, 6.07) is 13.8. The fourth-order valence-electron chi connectivity index (χ4n) is 2.64. The summed E-state index contributed by atoms with van der Waals surface area (Å²) in [5.74, 6) is -0.432. The molecule has 0 aliphatic rings. The van der Waals surface area contributed by atoms with Gasteiger partial charge in [0.2, 0.25) is 0 Å². The SMILES string of the molecule is COc1cccc(C(C)(CC(=O)O)NC(=O)c2ccccc2OC)c1. The van der Waals surface area contributed by atoms with Crippen LogP contribution in [-0.2, 0) is 10.3 Å². The van der Waals surface area contributed by atoms with Crippen LogP contribution >= 0.6 is 0 Å². The lowest BCUT2D eigenvalue weighted by Gasteiger charge is -2.30. The van der Waals surface area contributed by atoms with Gasteiger partial charge in [-0.1, -0.05) is 24.3 Å². The minimum absolute atomic E-state index is 0.277. The molecule has 0 bridgehead atoms. The number of para-hydroxylation sites is 1. The van der Waals surface area contributed by atoms with Gasteiger partial charge in [0.15, 0.2) is 0 Å². The highest BCUT2D eigenvalue weighted by Crippen LogP contribution is 2.29. The molecule has 0 saturated carbocycles. The lowest BCUT2D eigenvalue weighted by molar-refractivity contribution is -0.138. The van der Waals surface area contributed by atoms with Gasteiger partial charge in [0, 0.05) is 0 Å². The zero-order valence-electron chi connectivity index (χ0n) is 14.4. The molecule has 0 spiro atoms. The number of rotatable bonds is 7. The van der Waals surface area contributed by atoms with Crippen LogP contribution in [0.15, 0.2) is 48.5 Å². The third-order valence-electron chi connectivity index (χ3n) is 3.95. The molecule has 0 aliphatic carbocycles. The topological polar surface area (TPSA) is 84.9 Å². The number of carbonyl (C=O) groups is 2. The average molecular weight is 343 g/mol. The number of carboxylic acid groups (broad SMARTS) is 1. The fourth-order valence-corrected chi connectivity index (χ4v) is 2.64. The molecule has 1 unspecified atom stereocenters. The number of carbonyl (C=O) groups excluding carboxylic acids is 1. The Labute approximate surface area is 146 Å². The Morgan fingerprint density at radius 3 is 2.44 bits per heavy atom. The summed E-state index contributed by atoms with van der Waals surface area (Å²) in [6.07, 6.45) is -0.277. The summed E-state index contributed by atoms with van der Waals surface area (Å²) >= 11 is 0. The van der Waals surface area contributed by atoms with Crippen molar-refractivity contribution in [3.05, 3.63) is 59.7 Å². The van der Waals surface area contributed by atoms with E-state index in [-0.39, 0.29) is 6.42 Å². The van der Waals surface area contributed by atoms with E-state index in [1.807, 2.05) is 0 Å². The minimum atomic E-state index is -1.11. The Kier molecular flexibility index (Phi) is 5.64. The summed E-state index contributed by atoms with van der Waals surface area (Å²) in [7, 11) is 3.01. The van der Waals surface area contributed by atoms with Gasteiger partial charge in [-0.25, -0.2) is 0 Å². The summed E-state index contributed by atoms with van der Waals surface area (Å²) < 4.78 is 10.4. The molecule has 0 heterocycles. The summed E-state index contributed by atoms with van der Waals surface area (Å²) in [5.41, 5.74) is -0.139. The molecule has 0 aromatic heterocycles. The lowest BCUT2D eigenvalue weighted by Crippen LogP contribution is -2.45. The smallest absolute Gasteiger partial charge is 0.306 e. The van der Waals surface area contributed by atoms with Crippen molar-refractivity contribution in [1.29, 1.82) is 0 Å². The number of hydrogen-bond acceptors (Lipinski definition) is 4. The molecule has 0 fully saturated rings. The lowest BCUT2D eigenvalue weighted by atomic mass is 9.88. The monoisotopic (exact) mass is 343 g/mol. The first-order valence-corrected chi connectivity index (χ1v) is 7.71. The zero-order valence-corrected chi connectivity index (χ0v) is 14.4. The quantitative estimate of drug-likeness (QED) is 0.807. The first-order valence-electron chi connectivity index (χ1n) is 7.71. The Morgan fingerprint density at radius 1 is 1.08 bits per heavy atom. The van der Waals surface area contributed by atoms with Gasteiger partial charge in [-0.2, -0.15) is 0 Å². The molecule has 0 saturated heterocycles. The second-order valence-electron chi connectivity index (χ2n) is 5.79. The maximum Gasteiger partial charge on any atom is 0.306 e. The molecule has 2 aromatic carbocycles. The van der Waals surface area contributed by atoms with Gasteiger partial charge >= 0.3 is 5.97 Å². The normalized spacial score (nSPS) is 12.8. The van der Waals surface area contributed by atoms with Crippen LogP contribution in [0.4, 0.5) is 0 Å². The number of hydrogen-bond donors (Lipinski definition) is 2. The highest BCUT2D eigenvalue weighted by Gasteiger charge is 2.32. The molecular weight excluding hydrogens is 322 g/mol. The van der Waals surface area contributed by atoms with Crippen molar-refractivity contribution in [2.24, 2.45) is 0 Å². The number of amides is 1. The maximum absolute atomic E-state index is 12.7. The van der Waals surface area contributed by atoms with E-state index in [1.165, 1.54) is 14.2 Å². The predicted octanol–water partition coefficient (Wildman–Crippen LogP) is 2.82. The first-order chi connectivity index (χ1) is 11.9. The van der Waals surface area contributed by atoms with Gasteiger partial charge in [-0.05, 0) is 36.8 Å². The van der Waals surface area contributed by atoms with Crippen LogP contribution < -0.4 is 14.8 Å². The average Bonchev–Trinajstić information content (AvgIpc) is 2.60. The first kappa shape index (κ1) is 18.3. The van der Waals surface area contributed by atoms with Gasteiger partial charge in [0.1, 0.15) is 11.5 Å². The van der Waals surface area contributed by atoms with E-state index in [0.29, 0.717) is 22.6 Å². The van der Waals surface area contributed by atoms with Gasteiger partial charge < -0.3 is 19.9 Å². The largest absolute Gasteiger partial charge is 0.497 e. The van der Waals surface area contributed by atoms with Crippen LogP contribution in [0.2, 0.25) is 0 Å². The molecule has 2 rings (SSSR count). The molecule has 0 aliphatic heterocycles. The second kappa shape index (κ2) is 7.70. The molecule has 6 nitrogen and oxygen atoms in total. The van der Waals surface area contributed by atoms with E-state index in [0.717, 1.165) is 0 Å². The van der Waals surface area contributed by atoms with Crippen molar-refractivity contribution in [3.8, 4) is 11.5 Å². The Hall–Kier alpha value is -3.02. The van der Waals surface area contributed by atoms with E-state index >= 15 is 0 Å². The number of ether oxygens (including phenoxy) is 2. The molecule has 1 amide bonds. The van der Waals surface area contributed by atoms with Crippen molar-refractivity contribution in [3.63, 3.8) is 0 Å². The highest BCUT2D eigenvalue weighted by molar-refractivity contribution is 5.97. The molecule has 1 atom stereocenters. The van der Waals surface area contributed by atoms with Gasteiger partial charge in [-0.15, -0.1) is 0 Å². The summed E-state index contributed by atoms with van der Waals surface area (Å²) in [4.78, 5) is 24.1. The second-order valence-corrected chi connectivity index (χ2v) is 5.79. The molecule has 132 valence electrons. The number of carboxylic acids is 1. The van der Waals surface area contributed by atoms with Crippen molar-refractivity contribution in [2.45, 2.75) is 18.9 Å². The molecule has 25 heavy (non-hydrogen) atoms. The van der Waals surface area contributed by atoms with Crippen LogP contribution in [0.1, 0.15) is 29.3 Å². The van der Waals surface area contributed by atoms with E-state index in [9.17, 15) is 14.7 Å². The number of aliphatic carboxylic acids is 1. The van der Waals surface area contributed by atoms with Crippen LogP contribution in [-0.4, -0.2) is 31.2 Å². The van der Waals surface area contributed by atoms with Gasteiger partial charge in [0.25, 0.3) is 5.91 Å². The van der Waals surface area contributed by atoms with Crippen molar-refractivity contribution >= 4 is 11.9 Å². The number of methoxy groups -OCH3 is 2. The molecule has 0 radical (unpaired) electrons. The van der Waals surface area contributed by atoms with Crippen LogP contribution in [0.3, 0.4) is 0 Å². The van der Waals surface area contributed by atoms with E-state index in [1.54, 1.807) is 55.5 Å². The Morgan fingerprint density at radius 2 is 1.80 bits per heavy atom. The fraction of sp³-hybridized carbons (Fsp3) is 0.263. The maximum atomic E-state index is 12.7. The molecular formula is C19H21NO5. The van der Waals surface area contributed by atoms with Gasteiger partial charge in [-0.3, -0.25) is 9.59 Å². The molecule has 6 heteroatoms. The van der Waals surface area contributed by atoms with E-state index in [2.05, 4.69) is 5.32 Å². The third kappa shape index (κ3) is 4.29. The van der Waals surface area contributed by atoms with Crippen molar-refractivity contribution in [2.75, 3.05) is 14.2 Å². The van der Waals surface area contributed by atoms with E-state index < -0.39 is 17.4 Å². The number of nitrogens with one attached hydrogen (secondary N) is 1. The van der Waals surface area contributed by atoms with Gasteiger partial charge in [0.05, 0.1) is 31.7 Å². The number of benzene rings is 2. The van der Waals surface area contributed by atoms with Crippen molar-refractivity contribution in [1.82, 2.24) is 5.32 Å². The highest BCUT2D eigenvalue weighted by atomic mass is 16.5. The Balaban J connectivity index is 2.40. The minimum Gasteiger partial charge on any atom is -0.497 e. The van der Waals surface area contributed by atoms with Crippen LogP contribution in [0.25, 0.3) is 0 Å². The van der Waals surface area contributed by atoms with Crippen LogP contribution in [0, 0.1) is 0 Å². The molecule has 2 N–H and O–H groups in total. The molecule has 2 aromatic rings. The van der Waals surface area contributed by atoms with E-state index in [4.69, 9.17) is 9.47 Å². The third-order valence-corrected chi connectivity index (χ3v) is 3.95. The standard InChI is InChI=1S/C19H21NO5/c1-19(12-17(21)22,13-7-6-8-14(11-13)24-2)20-18(23)15-9-4-5-10-16(15)25-3/h4-11H,12H2,1-3H3,(H,20,23)(H,21,22). The Bertz CT molecular complexity index is 774. The van der Waals surface area contributed by atoms with Crippen LogP contribution in [0.5, 0.6) is 11.5 Å². The summed E-state index contributed by atoms with van der Waals surface area (Å²) in [5, 5.41) is 12.1. The zero-order chi connectivity index (χ0) is 18.4.